The Balaban J connectivity index is 1.76. The summed E-state index contributed by atoms with van der Waals surface area (Å²) in [6, 6.07) is 2.82. The summed E-state index contributed by atoms with van der Waals surface area (Å²) >= 11 is 1.49. The van der Waals surface area contributed by atoms with Gasteiger partial charge in [-0.2, -0.15) is 11.8 Å². The van der Waals surface area contributed by atoms with E-state index in [2.05, 4.69) is 10.6 Å². The summed E-state index contributed by atoms with van der Waals surface area (Å²) < 4.78 is 5.79. The van der Waals surface area contributed by atoms with E-state index >= 15 is 0 Å². The van der Waals surface area contributed by atoms with Crippen LogP contribution in [0.3, 0.4) is 0 Å². The Morgan fingerprint density at radius 3 is 2.67 bits per heavy atom. The first kappa shape index (κ1) is 24.0. The average molecular weight is 440 g/mol. The summed E-state index contributed by atoms with van der Waals surface area (Å²) in [5.41, 5.74) is 6.54. The van der Waals surface area contributed by atoms with Crippen LogP contribution in [-0.2, 0) is 14.3 Å². The molecular formula is C20H29N3O6S. The van der Waals surface area contributed by atoms with Crippen LogP contribution in [0.25, 0.3) is 0 Å². The van der Waals surface area contributed by atoms with Gasteiger partial charge in [0, 0.05) is 12.2 Å². The maximum Gasteiger partial charge on any atom is 0.328 e. The number of thioether (sulfide) groups is 1. The van der Waals surface area contributed by atoms with Gasteiger partial charge >= 0.3 is 5.97 Å². The fourth-order valence-corrected chi connectivity index (χ4v) is 3.77. The highest BCUT2D eigenvalue weighted by atomic mass is 32.2. The lowest BCUT2D eigenvalue weighted by atomic mass is 10.1. The second-order valence-corrected chi connectivity index (χ2v) is 8.19. The first-order valence-electron chi connectivity index (χ1n) is 9.94. The van der Waals surface area contributed by atoms with E-state index in [0.717, 1.165) is 25.0 Å². The number of aliphatic carboxylic acids is 1. The largest absolute Gasteiger partial charge is 0.480 e. The van der Waals surface area contributed by atoms with Crippen molar-refractivity contribution in [3.05, 3.63) is 23.8 Å². The summed E-state index contributed by atoms with van der Waals surface area (Å²) in [6.45, 7) is -0.0306. The lowest BCUT2D eigenvalue weighted by Gasteiger charge is -2.14. The highest BCUT2D eigenvalue weighted by molar-refractivity contribution is 7.99. The number of carbonyl (C=O) groups excluding carboxylic acids is 2. The predicted octanol–water partition coefficient (Wildman–Crippen LogP) is 1.47. The quantitative estimate of drug-likeness (QED) is 0.243. The molecule has 0 spiro atoms. The molecule has 0 radical (unpaired) electrons. The van der Waals surface area contributed by atoms with Gasteiger partial charge in [-0.25, -0.2) is 4.79 Å². The molecule has 2 rings (SSSR count). The number of aliphatic hydroxyl groups excluding tert-OH is 1. The fourth-order valence-electron chi connectivity index (χ4n) is 3.05. The van der Waals surface area contributed by atoms with Gasteiger partial charge in [-0.15, -0.1) is 0 Å². The number of carboxylic acids is 1. The van der Waals surface area contributed by atoms with Gasteiger partial charge in [-0.1, -0.05) is 12.8 Å². The summed E-state index contributed by atoms with van der Waals surface area (Å²) in [7, 11) is 0. The zero-order chi connectivity index (χ0) is 21.9. The summed E-state index contributed by atoms with van der Waals surface area (Å²) in [4.78, 5) is 35.3. The van der Waals surface area contributed by atoms with Crippen molar-refractivity contribution in [2.24, 2.45) is 0 Å². The summed E-state index contributed by atoms with van der Waals surface area (Å²) in [5.74, 6) is -1.25. The number of ether oxygens (including phenoxy) is 1. The second kappa shape index (κ2) is 12.4. The van der Waals surface area contributed by atoms with E-state index in [4.69, 9.17) is 20.7 Å². The highest BCUT2D eigenvalue weighted by Crippen LogP contribution is 2.22. The number of carboxylic acid groups (broad SMARTS) is 1. The maximum atomic E-state index is 12.2. The minimum Gasteiger partial charge on any atom is -0.480 e. The molecule has 1 aliphatic carbocycles. The molecule has 1 fully saturated rings. The zero-order valence-electron chi connectivity index (χ0n) is 16.8. The molecule has 1 aliphatic rings. The molecule has 1 unspecified atom stereocenters. The molecule has 30 heavy (non-hydrogen) atoms. The number of hydrogen-bond donors (Lipinski definition) is 5. The fraction of sp³-hybridized carbons (Fsp3) is 0.550. The Morgan fingerprint density at radius 1 is 1.27 bits per heavy atom. The van der Waals surface area contributed by atoms with Gasteiger partial charge in [0.1, 0.15) is 0 Å². The van der Waals surface area contributed by atoms with Crippen LogP contribution in [-0.4, -0.2) is 64.9 Å². The second-order valence-electron chi connectivity index (χ2n) is 7.08. The molecule has 0 heterocycles. The minimum atomic E-state index is -1.41. The molecule has 10 heteroatoms. The number of nitrogens with one attached hydrogen (secondary N) is 2. The van der Waals surface area contributed by atoms with Crippen molar-refractivity contribution in [2.45, 2.75) is 44.2 Å². The molecule has 1 aromatic carbocycles. The molecule has 0 aliphatic heterocycles. The number of anilines is 2. The molecule has 6 N–H and O–H groups in total. The number of amides is 2. The van der Waals surface area contributed by atoms with Crippen molar-refractivity contribution in [3.63, 3.8) is 0 Å². The first-order chi connectivity index (χ1) is 14.4. The van der Waals surface area contributed by atoms with E-state index in [-0.39, 0.29) is 28.6 Å². The van der Waals surface area contributed by atoms with E-state index in [1.54, 1.807) is 0 Å². The SMILES string of the molecule is Nc1ccc(C(=O)NC(CO)C(=O)O)cc1NC(=O)CSCCCOC1CCCC1. The van der Waals surface area contributed by atoms with Gasteiger partial charge in [0.2, 0.25) is 5.91 Å². The van der Waals surface area contributed by atoms with E-state index in [1.165, 1.54) is 42.8 Å². The Morgan fingerprint density at radius 2 is 2.00 bits per heavy atom. The summed E-state index contributed by atoms with van der Waals surface area (Å²) in [6.07, 6.45) is 6.05. The van der Waals surface area contributed by atoms with Crippen molar-refractivity contribution >= 4 is 40.9 Å². The number of nitrogen functional groups attached to an aromatic ring is 1. The van der Waals surface area contributed by atoms with Crippen molar-refractivity contribution in [2.75, 3.05) is 35.8 Å². The van der Waals surface area contributed by atoms with Crippen LogP contribution in [0, 0.1) is 0 Å². The molecule has 0 saturated heterocycles. The van der Waals surface area contributed by atoms with Crippen LogP contribution in [0.5, 0.6) is 0 Å². The maximum absolute atomic E-state index is 12.2. The highest BCUT2D eigenvalue weighted by Gasteiger charge is 2.20. The number of rotatable bonds is 12. The lowest BCUT2D eigenvalue weighted by molar-refractivity contribution is -0.140. The topological polar surface area (TPSA) is 151 Å². The Labute approximate surface area is 179 Å². The number of benzene rings is 1. The minimum absolute atomic E-state index is 0.121. The van der Waals surface area contributed by atoms with E-state index in [9.17, 15) is 14.4 Å². The van der Waals surface area contributed by atoms with Gasteiger partial charge in [0.05, 0.1) is 29.8 Å². The lowest BCUT2D eigenvalue weighted by Crippen LogP contribution is -2.43. The normalized spacial score (nSPS) is 15.0. The van der Waals surface area contributed by atoms with E-state index in [1.807, 2.05) is 0 Å². The summed E-state index contributed by atoms with van der Waals surface area (Å²) in [5, 5.41) is 22.8. The predicted molar refractivity (Wildman–Crippen MR) is 116 cm³/mol. The Bertz CT molecular complexity index is 739. The standard InChI is InChI=1S/C20H29N3O6S/c21-15-7-6-13(19(26)23-17(11-24)20(27)28)10-16(15)22-18(25)12-30-9-3-8-29-14-4-1-2-5-14/h6-7,10,14,17,24H,1-5,8-9,11-12,21H2,(H,22,25)(H,23,26)(H,27,28). The number of hydrogen-bond acceptors (Lipinski definition) is 7. The third-order valence-electron chi connectivity index (χ3n) is 4.70. The third-order valence-corrected chi connectivity index (χ3v) is 5.74. The molecule has 1 saturated carbocycles. The third kappa shape index (κ3) is 7.85. The molecule has 1 aromatic rings. The van der Waals surface area contributed by atoms with Gasteiger partial charge in [-0.05, 0) is 43.2 Å². The number of nitrogens with two attached hydrogens (primary N) is 1. The van der Waals surface area contributed by atoms with E-state index < -0.39 is 24.5 Å². The average Bonchev–Trinajstić information content (AvgIpc) is 3.23. The molecule has 1 atom stereocenters. The van der Waals surface area contributed by atoms with Crippen molar-refractivity contribution < 1.29 is 29.3 Å². The molecular weight excluding hydrogens is 410 g/mol. The number of aliphatic hydroxyl groups is 1. The first-order valence-corrected chi connectivity index (χ1v) is 11.1. The van der Waals surface area contributed by atoms with Gasteiger partial charge in [-0.3, -0.25) is 9.59 Å². The molecule has 166 valence electrons. The van der Waals surface area contributed by atoms with Gasteiger partial charge in [0.25, 0.3) is 5.91 Å². The van der Waals surface area contributed by atoms with Crippen LogP contribution in [0.15, 0.2) is 18.2 Å². The van der Waals surface area contributed by atoms with Crippen LogP contribution >= 0.6 is 11.8 Å². The Kier molecular flexibility index (Phi) is 9.92. The molecule has 9 nitrogen and oxygen atoms in total. The van der Waals surface area contributed by atoms with Gasteiger partial charge < -0.3 is 31.3 Å². The molecule has 0 bridgehead atoms. The Hall–Kier alpha value is -2.30. The van der Waals surface area contributed by atoms with Crippen LogP contribution in [0.4, 0.5) is 11.4 Å². The smallest absolute Gasteiger partial charge is 0.328 e. The van der Waals surface area contributed by atoms with Crippen LogP contribution in [0.1, 0.15) is 42.5 Å². The number of carbonyl (C=O) groups is 3. The molecule has 2 amide bonds. The van der Waals surface area contributed by atoms with Crippen LogP contribution in [0.2, 0.25) is 0 Å². The van der Waals surface area contributed by atoms with E-state index in [0.29, 0.717) is 12.7 Å². The van der Waals surface area contributed by atoms with Crippen molar-refractivity contribution in [1.29, 1.82) is 0 Å². The molecule has 0 aromatic heterocycles. The van der Waals surface area contributed by atoms with Crippen LogP contribution < -0.4 is 16.4 Å². The zero-order valence-corrected chi connectivity index (χ0v) is 17.6. The van der Waals surface area contributed by atoms with Crippen molar-refractivity contribution in [1.82, 2.24) is 5.32 Å². The monoisotopic (exact) mass is 439 g/mol. The van der Waals surface area contributed by atoms with Gasteiger partial charge in [0.15, 0.2) is 6.04 Å². The van der Waals surface area contributed by atoms with Crippen molar-refractivity contribution in [3.8, 4) is 0 Å².